The van der Waals surface area contributed by atoms with Gasteiger partial charge in [-0.15, -0.1) is 0 Å². The summed E-state index contributed by atoms with van der Waals surface area (Å²) in [5, 5.41) is 1.65. The van der Waals surface area contributed by atoms with Crippen LogP contribution in [0, 0.1) is 12.8 Å². The third kappa shape index (κ3) is 5.01. The van der Waals surface area contributed by atoms with E-state index in [1.165, 1.54) is 18.2 Å². The molecular weight excluding hydrogens is 569 g/mol. The minimum atomic E-state index is -4.24. The fourth-order valence-corrected chi connectivity index (χ4v) is 7.70. The molecule has 0 aliphatic rings. The molecule has 0 atom stereocenters. The normalized spacial score (nSPS) is 12.5. The summed E-state index contributed by atoms with van der Waals surface area (Å²) in [6.07, 6.45) is 0.660. The number of para-hydroxylation sites is 2. The first-order valence-corrected chi connectivity index (χ1v) is 16.6. The summed E-state index contributed by atoms with van der Waals surface area (Å²) in [4.78, 5) is 9.39. The van der Waals surface area contributed by atoms with Crippen LogP contribution in [0.15, 0.2) is 106 Å². The maximum Gasteiger partial charge on any atom is 0.263 e. The van der Waals surface area contributed by atoms with Crippen LogP contribution in [0.5, 0.6) is 0 Å². The molecule has 10 heteroatoms. The Hall–Kier alpha value is -4.28. The summed E-state index contributed by atoms with van der Waals surface area (Å²) in [6, 6.07) is 26.0. The average molecular weight is 599 g/mol. The fraction of sp³-hybridized carbons (Fsp3) is 0.188. The van der Waals surface area contributed by atoms with Crippen LogP contribution in [-0.4, -0.2) is 31.4 Å². The second-order valence-corrected chi connectivity index (χ2v) is 14.4. The Morgan fingerprint density at radius 2 is 1.38 bits per heavy atom. The lowest BCUT2D eigenvalue weighted by atomic mass is 10.1. The lowest BCUT2D eigenvalue weighted by molar-refractivity contribution is 0.524. The number of nitrogens with one attached hydrogen (secondary N) is 1. The van der Waals surface area contributed by atoms with Crippen LogP contribution >= 0.6 is 0 Å². The van der Waals surface area contributed by atoms with E-state index in [9.17, 15) is 16.8 Å². The SMILES string of the molecule is Cc1ccc(S(=O)(=O)c2c(NS(=O)(=O)c3ccc4ccccc4c3)n(CCC(C)C)c3nc4ccccc4nc23)cc1. The van der Waals surface area contributed by atoms with Crippen molar-refractivity contribution in [3.63, 3.8) is 0 Å². The molecule has 4 aromatic carbocycles. The van der Waals surface area contributed by atoms with Gasteiger partial charge in [-0.1, -0.05) is 74.0 Å². The van der Waals surface area contributed by atoms with Gasteiger partial charge in [-0.05, 0) is 66.4 Å². The first-order chi connectivity index (χ1) is 20.0. The van der Waals surface area contributed by atoms with E-state index in [1.807, 2.05) is 37.3 Å². The van der Waals surface area contributed by atoms with Gasteiger partial charge in [0.05, 0.1) is 20.8 Å². The summed E-state index contributed by atoms with van der Waals surface area (Å²) in [6.45, 7) is 6.31. The molecule has 0 spiro atoms. The number of benzene rings is 4. The second-order valence-electron chi connectivity index (χ2n) is 10.8. The predicted molar refractivity (Wildman–Crippen MR) is 166 cm³/mol. The van der Waals surface area contributed by atoms with E-state index in [-0.39, 0.29) is 31.9 Å². The number of hydrogen-bond acceptors (Lipinski definition) is 6. The number of rotatable bonds is 8. The molecule has 0 bridgehead atoms. The lowest BCUT2D eigenvalue weighted by Gasteiger charge is -2.16. The Labute approximate surface area is 245 Å². The van der Waals surface area contributed by atoms with Gasteiger partial charge in [-0.2, -0.15) is 0 Å². The van der Waals surface area contributed by atoms with Crippen molar-refractivity contribution in [1.29, 1.82) is 0 Å². The molecule has 42 heavy (non-hydrogen) atoms. The molecule has 0 aliphatic carbocycles. The summed E-state index contributed by atoms with van der Waals surface area (Å²) in [5.41, 5.74) is 2.41. The van der Waals surface area contributed by atoms with E-state index in [0.29, 0.717) is 29.6 Å². The number of hydrogen-bond donors (Lipinski definition) is 1. The molecular formula is C32H30N4O4S2. The van der Waals surface area contributed by atoms with Crippen molar-refractivity contribution in [1.82, 2.24) is 14.5 Å². The molecule has 1 N–H and O–H groups in total. The zero-order valence-corrected chi connectivity index (χ0v) is 25.1. The number of nitrogens with zero attached hydrogens (tertiary/aromatic N) is 3. The molecule has 2 heterocycles. The number of sulfone groups is 1. The number of sulfonamides is 1. The highest BCUT2D eigenvalue weighted by Crippen LogP contribution is 2.38. The van der Waals surface area contributed by atoms with E-state index in [2.05, 4.69) is 18.6 Å². The highest BCUT2D eigenvalue weighted by Gasteiger charge is 2.33. The quantitative estimate of drug-likeness (QED) is 0.208. The van der Waals surface area contributed by atoms with Gasteiger partial charge >= 0.3 is 0 Å². The van der Waals surface area contributed by atoms with Crippen LogP contribution in [0.3, 0.4) is 0 Å². The van der Waals surface area contributed by atoms with Crippen molar-refractivity contribution in [2.45, 2.75) is 48.4 Å². The van der Waals surface area contributed by atoms with Crippen LogP contribution in [0.4, 0.5) is 5.82 Å². The van der Waals surface area contributed by atoms with E-state index < -0.39 is 19.9 Å². The first-order valence-electron chi connectivity index (χ1n) is 13.7. The van der Waals surface area contributed by atoms with Crippen molar-refractivity contribution in [3.05, 3.63) is 96.6 Å². The van der Waals surface area contributed by atoms with E-state index in [0.717, 1.165) is 16.3 Å². The van der Waals surface area contributed by atoms with Gasteiger partial charge in [-0.3, -0.25) is 4.72 Å². The molecule has 6 aromatic rings. The third-order valence-electron chi connectivity index (χ3n) is 7.30. The van der Waals surface area contributed by atoms with Crippen molar-refractivity contribution in [2.24, 2.45) is 5.92 Å². The highest BCUT2D eigenvalue weighted by molar-refractivity contribution is 7.93. The van der Waals surface area contributed by atoms with Crippen molar-refractivity contribution < 1.29 is 16.8 Å². The van der Waals surface area contributed by atoms with Crippen molar-refractivity contribution in [3.8, 4) is 0 Å². The molecule has 0 saturated carbocycles. The lowest BCUT2D eigenvalue weighted by Crippen LogP contribution is -2.19. The molecule has 0 unspecified atom stereocenters. The largest absolute Gasteiger partial charge is 0.309 e. The molecule has 0 radical (unpaired) electrons. The summed E-state index contributed by atoms with van der Waals surface area (Å²) >= 11 is 0. The molecule has 0 aliphatic heterocycles. The van der Waals surface area contributed by atoms with E-state index >= 15 is 0 Å². The maximum atomic E-state index is 14.3. The minimum Gasteiger partial charge on any atom is -0.309 e. The number of aromatic nitrogens is 3. The molecule has 0 saturated heterocycles. The summed E-state index contributed by atoms with van der Waals surface area (Å²) in [5.74, 6) is 0.188. The first kappa shape index (κ1) is 27.9. The number of aryl methyl sites for hydroxylation is 2. The van der Waals surface area contributed by atoms with Gasteiger partial charge in [0.15, 0.2) is 5.65 Å². The van der Waals surface area contributed by atoms with Gasteiger partial charge < -0.3 is 4.57 Å². The van der Waals surface area contributed by atoms with Gasteiger partial charge in [0.2, 0.25) is 9.84 Å². The Morgan fingerprint density at radius 3 is 2.07 bits per heavy atom. The van der Waals surface area contributed by atoms with Crippen molar-refractivity contribution in [2.75, 3.05) is 4.72 Å². The number of fused-ring (bicyclic) bond motifs is 3. The van der Waals surface area contributed by atoms with Gasteiger partial charge in [-0.25, -0.2) is 26.8 Å². The Kier molecular flexibility index (Phi) is 6.98. The topological polar surface area (TPSA) is 111 Å². The summed E-state index contributed by atoms with van der Waals surface area (Å²) < 4.78 is 60.9. The van der Waals surface area contributed by atoms with E-state index in [4.69, 9.17) is 9.97 Å². The molecule has 0 fully saturated rings. The van der Waals surface area contributed by atoms with Gasteiger partial charge in [0, 0.05) is 6.54 Å². The Balaban J connectivity index is 1.64. The van der Waals surface area contributed by atoms with Gasteiger partial charge in [0.25, 0.3) is 10.0 Å². The molecule has 8 nitrogen and oxygen atoms in total. The van der Waals surface area contributed by atoms with Crippen LogP contribution in [0.1, 0.15) is 25.8 Å². The zero-order chi connectivity index (χ0) is 29.6. The maximum absolute atomic E-state index is 14.3. The van der Waals surface area contributed by atoms with Crippen LogP contribution < -0.4 is 4.72 Å². The molecule has 6 rings (SSSR count). The minimum absolute atomic E-state index is 0.0200. The molecule has 2 aromatic heterocycles. The van der Waals surface area contributed by atoms with Crippen LogP contribution in [0.2, 0.25) is 0 Å². The van der Waals surface area contributed by atoms with Crippen LogP contribution in [-0.2, 0) is 26.4 Å². The summed E-state index contributed by atoms with van der Waals surface area (Å²) in [7, 11) is -8.46. The average Bonchev–Trinajstić information content (AvgIpc) is 3.26. The second kappa shape index (κ2) is 10.5. The molecule has 0 amide bonds. The standard InChI is InChI=1S/C32H30N4O4S2/c1-21(2)18-19-36-31-29(33-27-10-6-7-11-28(27)34-31)30(41(37,38)25-15-12-22(3)13-16-25)32(36)35-42(39,40)26-17-14-23-8-4-5-9-24(23)20-26/h4-17,20-21,35H,18-19H2,1-3H3. The predicted octanol–water partition coefficient (Wildman–Crippen LogP) is 6.73. The highest BCUT2D eigenvalue weighted by atomic mass is 32.2. The Morgan fingerprint density at radius 1 is 0.762 bits per heavy atom. The fourth-order valence-electron chi connectivity index (χ4n) is 4.99. The van der Waals surface area contributed by atoms with Crippen molar-refractivity contribution >= 4 is 58.6 Å². The Bertz CT molecular complexity index is 2190. The van der Waals surface area contributed by atoms with E-state index in [1.54, 1.807) is 47.0 Å². The van der Waals surface area contributed by atoms with Crippen LogP contribution in [0.25, 0.3) is 33.0 Å². The third-order valence-corrected chi connectivity index (χ3v) is 10.5. The molecule has 214 valence electrons. The van der Waals surface area contributed by atoms with Gasteiger partial charge in [0.1, 0.15) is 16.2 Å². The zero-order valence-electron chi connectivity index (χ0n) is 23.4. The smallest absolute Gasteiger partial charge is 0.263 e. The monoisotopic (exact) mass is 598 g/mol. The number of anilines is 1.